The predicted molar refractivity (Wildman–Crippen MR) is 40.7 cm³/mol. The summed E-state index contributed by atoms with van der Waals surface area (Å²) in [5, 5.41) is 8.96. The molecule has 2 fully saturated rings. The Labute approximate surface area is 74.3 Å². The molecular weight excluding hydrogens is 174 g/mol. The van der Waals surface area contributed by atoms with Crippen LogP contribution in [0.1, 0.15) is 25.7 Å². The molecule has 5 heteroatoms. The first-order valence-corrected chi connectivity index (χ1v) is 4.17. The fraction of sp³-hybridized carbons (Fsp3) is 0.625. The van der Waals surface area contributed by atoms with Crippen LogP contribution in [-0.4, -0.2) is 33.3 Å². The highest BCUT2D eigenvalue weighted by Gasteiger charge is 2.57. The van der Waals surface area contributed by atoms with E-state index in [4.69, 9.17) is 5.11 Å². The van der Waals surface area contributed by atoms with Gasteiger partial charge in [-0.05, 0) is 12.8 Å². The maximum atomic E-state index is 11.2. The summed E-state index contributed by atoms with van der Waals surface area (Å²) in [7, 11) is 0. The quantitative estimate of drug-likeness (QED) is 0.569. The highest BCUT2D eigenvalue weighted by molar-refractivity contribution is 6.06. The van der Waals surface area contributed by atoms with E-state index >= 15 is 0 Å². The molecule has 0 bridgehead atoms. The van der Waals surface area contributed by atoms with E-state index in [0.717, 1.165) is 4.90 Å². The van der Waals surface area contributed by atoms with E-state index in [2.05, 4.69) is 0 Å². The average molecular weight is 183 g/mol. The third kappa shape index (κ3) is 0.839. The number of imide groups is 1. The number of amides is 2. The van der Waals surface area contributed by atoms with E-state index in [1.165, 1.54) is 0 Å². The molecule has 0 saturated carbocycles. The van der Waals surface area contributed by atoms with Crippen molar-refractivity contribution in [1.29, 1.82) is 0 Å². The molecular formula is C8H9NO4. The second-order valence-electron chi connectivity index (χ2n) is 3.46. The number of aliphatic carboxylic acids is 1. The van der Waals surface area contributed by atoms with Gasteiger partial charge in [0.15, 0.2) is 0 Å². The van der Waals surface area contributed by atoms with Crippen LogP contribution in [0.5, 0.6) is 0 Å². The van der Waals surface area contributed by atoms with E-state index in [9.17, 15) is 14.4 Å². The van der Waals surface area contributed by atoms with Crippen molar-refractivity contribution in [2.45, 2.75) is 31.2 Å². The Morgan fingerprint density at radius 1 is 1.23 bits per heavy atom. The SMILES string of the molecule is O=C1CCC2(C(=O)O)CCC(=O)N12. The fourth-order valence-electron chi connectivity index (χ4n) is 2.13. The van der Waals surface area contributed by atoms with Crippen molar-refractivity contribution in [2.75, 3.05) is 0 Å². The summed E-state index contributed by atoms with van der Waals surface area (Å²) in [4.78, 5) is 34.3. The number of carboxylic acids is 1. The Morgan fingerprint density at radius 3 is 2.00 bits per heavy atom. The molecule has 70 valence electrons. The molecule has 0 aliphatic carbocycles. The molecule has 2 amide bonds. The Balaban J connectivity index is 2.44. The molecule has 0 aromatic rings. The van der Waals surface area contributed by atoms with Gasteiger partial charge in [-0.15, -0.1) is 0 Å². The number of carbonyl (C=O) groups excluding carboxylic acids is 2. The minimum absolute atomic E-state index is 0.179. The van der Waals surface area contributed by atoms with Gasteiger partial charge in [-0.25, -0.2) is 4.79 Å². The van der Waals surface area contributed by atoms with E-state index in [-0.39, 0.29) is 37.5 Å². The Bertz CT molecular complexity index is 289. The summed E-state index contributed by atoms with van der Waals surface area (Å²) in [6.45, 7) is 0. The summed E-state index contributed by atoms with van der Waals surface area (Å²) in [6, 6.07) is 0. The molecule has 1 N–H and O–H groups in total. The smallest absolute Gasteiger partial charge is 0.330 e. The van der Waals surface area contributed by atoms with E-state index in [0.29, 0.717) is 0 Å². The largest absolute Gasteiger partial charge is 0.479 e. The molecule has 13 heavy (non-hydrogen) atoms. The van der Waals surface area contributed by atoms with E-state index < -0.39 is 11.5 Å². The van der Waals surface area contributed by atoms with Crippen LogP contribution in [0.3, 0.4) is 0 Å². The van der Waals surface area contributed by atoms with Gasteiger partial charge in [-0.1, -0.05) is 0 Å². The van der Waals surface area contributed by atoms with Crippen LogP contribution in [0.4, 0.5) is 0 Å². The number of carbonyl (C=O) groups is 3. The number of fused-ring (bicyclic) bond motifs is 1. The number of hydrogen-bond acceptors (Lipinski definition) is 3. The molecule has 0 unspecified atom stereocenters. The highest BCUT2D eigenvalue weighted by atomic mass is 16.4. The third-order valence-electron chi connectivity index (χ3n) is 2.83. The van der Waals surface area contributed by atoms with Gasteiger partial charge in [0.25, 0.3) is 0 Å². The van der Waals surface area contributed by atoms with Crippen LogP contribution in [0.25, 0.3) is 0 Å². The van der Waals surface area contributed by atoms with Gasteiger partial charge in [-0.3, -0.25) is 14.5 Å². The zero-order valence-electron chi connectivity index (χ0n) is 6.95. The molecule has 0 radical (unpaired) electrons. The molecule has 0 aromatic carbocycles. The Hall–Kier alpha value is -1.39. The molecule has 2 rings (SSSR count). The van der Waals surface area contributed by atoms with Gasteiger partial charge in [0, 0.05) is 12.8 Å². The average Bonchev–Trinajstić information content (AvgIpc) is 2.55. The van der Waals surface area contributed by atoms with Gasteiger partial charge < -0.3 is 5.11 Å². The first-order chi connectivity index (χ1) is 6.08. The number of carboxylic acid groups (broad SMARTS) is 1. The lowest BCUT2D eigenvalue weighted by atomic mass is 9.95. The van der Waals surface area contributed by atoms with Crippen molar-refractivity contribution in [1.82, 2.24) is 4.90 Å². The van der Waals surface area contributed by atoms with Crippen LogP contribution >= 0.6 is 0 Å². The van der Waals surface area contributed by atoms with Crippen LogP contribution in [0.15, 0.2) is 0 Å². The van der Waals surface area contributed by atoms with Gasteiger partial charge in [0.1, 0.15) is 5.54 Å². The number of rotatable bonds is 1. The van der Waals surface area contributed by atoms with Crippen LogP contribution < -0.4 is 0 Å². The maximum absolute atomic E-state index is 11.2. The van der Waals surface area contributed by atoms with Gasteiger partial charge in [0.2, 0.25) is 11.8 Å². The van der Waals surface area contributed by atoms with Crippen molar-refractivity contribution in [2.24, 2.45) is 0 Å². The van der Waals surface area contributed by atoms with E-state index in [1.807, 2.05) is 0 Å². The molecule has 0 atom stereocenters. The number of nitrogens with zero attached hydrogens (tertiary/aromatic N) is 1. The van der Waals surface area contributed by atoms with Crippen molar-refractivity contribution in [3.8, 4) is 0 Å². The van der Waals surface area contributed by atoms with Crippen LogP contribution in [0.2, 0.25) is 0 Å². The second kappa shape index (κ2) is 2.31. The number of hydrogen-bond donors (Lipinski definition) is 1. The van der Waals surface area contributed by atoms with E-state index in [1.54, 1.807) is 0 Å². The molecule has 2 aliphatic heterocycles. The van der Waals surface area contributed by atoms with Gasteiger partial charge in [0.05, 0.1) is 0 Å². The second-order valence-corrected chi connectivity index (χ2v) is 3.46. The van der Waals surface area contributed by atoms with Crippen LogP contribution in [-0.2, 0) is 14.4 Å². The summed E-state index contributed by atoms with van der Waals surface area (Å²) in [5.41, 5.74) is -1.20. The standard InChI is InChI=1S/C8H9NO4/c10-5-1-3-8(7(12)13)4-2-6(11)9(5)8/h1-4H2,(H,12,13). The van der Waals surface area contributed by atoms with Gasteiger partial charge in [-0.2, -0.15) is 0 Å². The summed E-state index contributed by atoms with van der Waals surface area (Å²) in [5.74, 6) is -1.74. The fourth-order valence-corrected chi connectivity index (χ4v) is 2.13. The van der Waals surface area contributed by atoms with Crippen molar-refractivity contribution < 1.29 is 19.5 Å². The highest BCUT2D eigenvalue weighted by Crippen LogP contribution is 2.40. The minimum atomic E-state index is -1.20. The van der Waals surface area contributed by atoms with Crippen molar-refractivity contribution in [3.63, 3.8) is 0 Å². The molecule has 2 aliphatic rings. The Morgan fingerprint density at radius 2 is 1.69 bits per heavy atom. The molecule has 0 spiro atoms. The summed E-state index contributed by atoms with van der Waals surface area (Å²) < 4.78 is 0. The lowest BCUT2D eigenvalue weighted by Gasteiger charge is -2.24. The van der Waals surface area contributed by atoms with Crippen LogP contribution in [0, 0.1) is 0 Å². The minimum Gasteiger partial charge on any atom is -0.479 e. The first kappa shape index (κ1) is 8.22. The van der Waals surface area contributed by atoms with Crippen molar-refractivity contribution in [3.05, 3.63) is 0 Å². The zero-order chi connectivity index (χ0) is 9.64. The Kier molecular flexibility index (Phi) is 1.46. The molecule has 0 aromatic heterocycles. The molecule has 2 saturated heterocycles. The maximum Gasteiger partial charge on any atom is 0.330 e. The van der Waals surface area contributed by atoms with Gasteiger partial charge >= 0.3 is 5.97 Å². The normalized spacial score (nSPS) is 25.1. The summed E-state index contributed by atoms with van der Waals surface area (Å²) in [6.07, 6.45) is 0.899. The van der Waals surface area contributed by atoms with Crippen molar-refractivity contribution >= 4 is 17.8 Å². The topological polar surface area (TPSA) is 74.7 Å². The molecule has 2 heterocycles. The molecule has 5 nitrogen and oxygen atoms in total. The summed E-state index contributed by atoms with van der Waals surface area (Å²) >= 11 is 0. The lowest BCUT2D eigenvalue weighted by molar-refractivity contribution is -0.156. The predicted octanol–water partition coefficient (Wildman–Crippen LogP) is -0.247. The first-order valence-electron chi connectivity index (χ1n) is 4.17. The monoisotopic (exact) mass is 183 g/mol. The third-order valence-corrected chi connectivity index (χ3v) is 2.83. The lowest BCUT2D eigenvalue weighted by Crippen LogP contribution is -2.48. The zero-order valence-corrected chi connectivity index (χ0v) is 6.95.